The van der Waals surface area contributed by atoms with Crippen LogP contribution < -0.4 is 15.4 Å². The number of fused-ring (bicyclic) bond motifs is 1. The molecule has 9 heteroatoms. The Morgan fingerprint density at radius 3 is 2.96 bits per heavy atom. The van der Waals surface area contributed by atoms with E-state index < -0.39 is 0 Å². The lowest BCUT2D eigenvalue weighted by atomic mass is 10.1. The molecule has 2 heterocycles. The van der Waals surface area contributed by atoms with Gasteiger partial charge in [0.15, 0.2) is 5.96 Å². The smallest absolute Gasteiger partial charge is 0.191 e. The van der Waals surface area contributed by atoms with E-state index in [4.69, 9.17) is 16.3 Å². The van der Waals surface area contributed by atoms with Crippen molar-refractivity contribution in [2.75, 3.05) is 20.7 Å². The molecule has 1 unspecified atom stereocenters. The third-order valence-electron chi connectivity index (χ3n) is 4.48. The summed E-state index contributed by atoms with van der Waals surface area (Å²) in [5.41, 5.74) is 1.08. The second kappa shape index (κ2) is 10.1. The Kier molecular flexibility index (Phi) is 8.15. The molecule has 27 heavy (non-hydrogen) atoms. The summed E-state index contributed by atoms with van der Waals surface area (Å²) in [5.74, 6) is 3.46. The van der Waals surface area contributed by atoms with Crippen LogP contribution in [0.1, 0.15) is 23.6 Å². The second-order valence-corrected chi connectivity index (χ2v) is 6.75. The molecular formula is C18H26ClIN6O. The van der Waals surface area contributed by atoms with Crippen LogP contribution in [-0.2, 0) is 19.4 Å². The lowest BCUT2D eigenvalue weighted by Crippen LogP contribution is -2.47. The molecule has 0 saturated carbocycles. The minimum absolute atomic E-state index is 0. The Labute approximate surface area is 182 Å². The maximum atomic E-state index is 6.29. The van der Waals surface area contributed by atoms with Crippen LogP contribution in [0.15, 0.2) is 23.2 Å². The number of halogens is 2. The molecule has 3 rings (SSSR count). The van der Waals surface area contributed by atoms with E-state index in [-0.39, 0.29) is 24.0 Å². The Hall–Kier alpha value is -1.55. The number of aryl methyl sites for hydroxylation is 2. The normalized spacial score (nSPS) is 16.3. The first-order valence-corrected chi connectivity index (χ1v) is 9.16. The van der Waals surface area contributed by atoms with Gasteiger partial charge < -0.3 is 15.4 Å². The molecule has 0 fully saturated rings. The van der Waals surface area contributed by atoms with Crippen LogP contribution in [0.4, 0.5) is 0 Å². The molecule has 7 nitrogen and oxygen atoms in total. The maximum absolute atomic E-state index is 6.29. The third kappa shape index (κ3) is 5.71. The molecule has 148 valence electrons. The summed E-state index contributed by atoms with van der Waals surface area (Å²) in [4.78, 5) is 8.77. The van der Waals surface area contributed by atoms with Gasteiger partial charge in [-0.3, -0.25) is 4.99 Å². The van der Waals surface area contributed by atoms with E-state index in [0.717, 1.165) is 66.3 Å². The molecule has 1 aliphatic rings. The number of methoxy groups -OCH3 is 1. The molecule has 0 amide bonds. The topological polar surface area (TPSA) is 76.4 Å². The zero-order valence-corrected chi connectivity index (χ0v) is 18.9. The number of benzene rings is 1. The number of nitrogens with zero attached hydrogens (tertiary/aromatic N) is 4. The van der Waals surface area contributed by atoms with Crippen molar-refractivity contribution in [1.82, 2.24) is 25.4 Å². The fraction of sp³-hybridized carbons (Fsp3) is 0.500. The Bertz CT molecular complexity index is 794. The van der Waals surface area contributed by atoms with Gasteiger partial charge in [-0.15, -0.1) is 24.0 Å². The first-order valence-electron chi connectivity index (χ1n) is 8.79. The van der Waals surface area contributed by atoms with Crippen LogP contribution in [0.2, 0.25) is 5.02 Å². The van der Waals surface area contributed by atoms with E-state index in [2.05, 4.69) is 25.7 Å². The summed E-state index contributed by atoms with van der Waals surface area (Å²) in [5, 5.41) is 12.0. The number of aliphatic imine (C=N–C) groups is 1. The number of aromatic nitrogens is 3. The van der Waals surface area contributed by atoms with Crippen molar-refractivity contribution >= 4 is 41.5 Å². The third-order valence-corrected chi connectivity index (χ3v) is 4.83. The molecular weight excluding hydrogens is 479 g/mol. The Morgan fingerprint density at radius 1 is 1.44 bits per heavy atom. The first kappa shape index (κ1) is 21.7. The zero-order valence-electron chi connectivity index (χ0n) is 15.8. The van der Waals surface area contributed by atoms with Crippen LogP contribution in [0.25, 0.3) is 0 Å². The van der Waals surface area contributed by atoms with E-state index in [0.29, 0.717) is 6.04 Å². The fourth-order valence-electron chi connectivity index (χ4n) is 3.11. The molecule has 1 aromatic heterocycles. The average molecular weight is 505 g/mol. The van der Waals surface area contributed by atoms with Crippen molar-refractivity contribution < 1.29 is 4.74 Å². The van der Waals surface area contributed by atoms with E-state index >= 15 is 0 Å². The van der Waals surface area contributed by atoms with Crippen LogP contribution in [0.3, 0.4) is 0 Å². The van der Waals surface area contributed by atoms with Gasteiger partial charge in [0.25, 0.3) is 0 Å². The second-order valence-electron chi connectivity index (χ2n) is 6.34. The highest BCUT2D eigenvalue weighted by molar-refractivity contribution is 14.0. The van der Waals surface area contributed by atoms with Gasteiger partial charge in [0.2, 0.25) is 0 Å². The summed E-state index contributed by atoms with van der Waals surface area (Å²) < 4.78 is 7.17. The largest absolute Gasteiger partial charge is 0.497 e. The van der Waals surface area contributed by atoms with Crippen molar-refractivity contribution in [2.45, 2.75) is 38.8 Å². The molecule has 2 N–H and O–H groups in total. The molecule has 0 saturated heterocycles. The van der Waals surface area contributed by atoms with Crippen LogP contribution >= 0.6 is 35.6 Å². The van der Waals surface area contributed by atoms with Gasteiger partial charge in [-0.25, -0.2) is 9.67 Å². The van der Waals surface area contributed by atoms with Crippen molar-refractivity contribution in [3.8, 4) is 5.75 Å². The van der Waals surface area contributed by atoms with Gasteiger partial charge in [0.05, 0.1) is 13.7 Å². The minimum atomic E-state index is 0. The molecule has 1 aromatic carbocycles. The van der Waals surface area contributed by atoms with Gasteiger partial charge in [0, 0.05) is 31.1 Å². The summed E-state index contributed by atoms with van der Waals surface area (Å²) >= 11 is 6.29. The van der Waals surface area contributed by atoms with Gasteiger partial charge >= 0.3 is 0 Å². The van der Waals surface area contributed by atoms with Crippen molar-refractivity contribution in [2.24, 2.45) is 4.99 Å². The zero-order chi connectivity index (χ0) is 18.5. The van der Waals surface area contributed by atoms with Gasteiger partial charge in [-0.1, -0.05) is 17.7 Å². The van der Waals surface area contributed by atoms with Crippen LogP contribution in [0.5, 0.6) is 5.75 Å². The van der Waals surface area contributed by atoms with E-state index in [9.17, 15) is 0 Å². The predicted octanol–water partition coefficient (Wildman–Crippen LogP) is 2.59. The monoisotopic (exact) mass is 504 g/mol. The molecule has 0 radical (unpaired) electrons. The fourth-order valence-corrected chi connectivity index (χ4v) is 3.38. The molecule has 0 aliphatic carbocycles. The molecule has 0 spiro atoms. The molecule has 1 atom stereocenters. The van der Waals surface area contributed by atoms with E-state index in [1.807, 2.05) is 29.8 Å². The van der Waals surface area contributed by atoms with E-state index in [1.165, 1.54) is 0 Å². The number of guanidine groups is 1. The Balaban J connectivity index is 0.00000261. The van der Waals surface area contributed by atoms with Crippen LogP contribution in [0, 0.1) is 6.92 Å². The first-order chi connectivity index (χ1) is 12.6. The summed E-state index contributed by atoms with van der Waals surface area (Å²) in [7, 11) is 3.42. The summed E-state index contributed by atoms with van der Waals surface area (Å²) in [6, 6.07) is 6.05. The summed E-state index contributed by atoms with van der Waals surface area (Å²) in [6.07, 6.45) is 2.75. The number of rotatable bonds is 5. The molecule has 2 aromatic rings. The van der Waals surface area contributed by atoms with Crippen molar-refractivity contribution in [3.05, 3.63) is 40.4 Å². The summed E-state index contributed by atoms with van der Waals surface area (Å²) in [6.45, 7) is 3.48. The minimum Gasteiger partial charge on any atom is -0.497 e. The SMILES string of the molecule is CN=C(NCCc1ccc(OC)cc1Cl)NC1CCc2nc(C)nn2C1.I. The van der Waals surface area contributed by atoms with Gasteiger partial charge in [-0.05, 0) is 37.5 Å². The molecule has 0 bridgehead atoms. The quantitative estimate of drug-likeness (QED) is 0.372. The van der Waals surface area contributed by atoms with E-state index in [1.54, 1.807) is 14.2 Å². The maximum Gasteiger partial charge on any atom is 0.191 e. The lowest BCUT2D eigenvalue weighted by molar-refractivity contribution is 0.392. The number of hydrogen-bond acceptors (Lipinski definition) is 4. The highest BCUT2D eigenvalue weighted by Crippen LogP contribution is 2.22. The van der Waals surface area contributed by atoms with Crippen LogP contribution in [-0.4, -0.2) is 47.5 Å². The number of nitrogens with one attached hydrogen (secondary N) is 2. The Morgan fingerprint density at radius 2 is 2.26 bits per heavy atom. The lowest BCUT2D eigenvalue weighted by Gasteiger charge is -2.25. The highest BCUT2D eigenvalue weighted by Gasteiger charge is 2.21. The van der Waals surface area contributed by atoms with Gasteiger partial charge in [-0.2, -0.15) is 5.10 Å². The van der Waals surface area contributed by atoms with Crippen molar-refractivity contribution in [1.29, 1.82) is 0 Å². The van der Waals surface area contributed by atoms with Gasteiger partial charge in [0.1, 0.15) is 17.4 Å². The number of ether oxygens (including phenoxy) is 1. The average Bonchev–Trinajstić information content (AvgIpc) is 3.01. The number of hydrogen-bond donors (Lipinski definition) is 2. The highest BCUT2D eigenvalue weighted by atomic mass is 127. The standard InChI is InChI=1S/C18H25ClN6O.HI/c1-12-22-17-7-5-14(11-25(17)24-12)23-18(20-2)21-9-8-13-4-6-15(26-3)10-16(13)19;/h4,6,10,14H,5,7-9,11H2,1-3H3,(H2,20,21,23);1H. The predicted molar refractivity (Wildman–Crippen MR) is 118 cm³/mol. The molecule has 1 aliphatic heterocycles. The van der Waals surface area contributed by atoms with Crippen molar-refractivity contribution in [3.63, 3.8) is 0 Å².